The monoisotopic (exact) mass is 286 g/mol. The summed E-state index contributed by atoms with van der Waals surface area (Å²) in [7, 11) is 0. The fourth-order valence-electron chi connectivity index (χ4n) is 3.46. The third-order valence-electron chi connectivity index (χ3n) is 5.20. The zero-order valence-corrected chi connectivity index (χ0v) is 12.9. The van der Waals surface area contributed by atoms with E-state index < -0.39 is 0 Å². The summed E-state index contributed by atoms with van der Waals surface area (Å²) in [5, 5.41) is 3.26. The molecule has 2 heterocycles. The molecule has 1 atom stereocenters. The van der Waals surface area contributed by atoms with Crippen molar-refractivity contribution in [1.29, 1.82) is 0 Å². The summed E-state index contributed by atoms with van der Waals surface area (Å²) >= 11 is 0. The molecular formula is C18H26N2O. The average molecular weight is 286 g/mol. The molecule has 114 valence electrons. The van der Waals surface area contributed by atoms with Gasteiger partial charge >= 0.3 is 0 Å². The van der Waals surface area contributed by atoms with Crippen LogP contribution in [0.2, 0.25) is 0 Å². The maximum absolute atomic E-state index is 12.5. The Labute approximate surface area is 127 Å². The number of carbonyl (C=O) groups excluding carboxylic acids is 1. The van der Waals surface area contributed by atoms with Gasteiger partial charge in [-0.1, -0.05) is 37.3 Å². The molecule has 3 rings (SSSR count). The van der Waals surface area contributed by atoms with Crippen LogP contribution >= 0.6 is 0 Å². The number of nitrogens with zero attached hydrogens (tertiary/aromatic N) is 1. The van der Waals surface area contributed by atoms with Gasteiger partial charge in [-0.05, 0) is 49.8 Å². The zero-order valence-electron chi connectivity index (χ0n) is 12.9. The Morgan fingerprint density at radius 2 is 1.90 bits per heavy atom. The quantitative estimate of drug-likeness (QED) is 0.921. The molecule has 2 saturated heterocycles. The third kappa shape index (κ3) is 3.46. The lowest BCUT2D eigenvalue weighted by Crippen LogP contribution is -2.51. The van der Waals surface area contributed by atoms with Crippen LogP contribution in [0.3, 0.4) is 0 Å². The standard InChI is InChI=1S/C18H26N2O/c1-14(17-12-19-13-17)18(21)20-9-7-16(8-10-20)11-15-5-3-2-4-6-15/h2-6,14,16-17,19H,7-13H2,1H3. The van der Waals surface area contributed by atoms with Crippen LogP contribution in [0.5, 0.6) is 0 Å². The minimum atomic E-state index is 0.192. The van der Waals surface area contributed by atoms with Gasteiger partial charge in [0.15, 0.2) is 0 Å². The predicted octanol–water partition coefficient (Wildman–Crippen LogP) is 2.32. The Balaban J connectivity index is 1.47. The van der Waals surface area contributed by atoms with E-state index in [1.807, 2.05) is 0 Å². The maximum Gasteiger partial charge on any atom is 0.225 e. The second-order valence-corrected chi connectivity index (χ2v) is 6.67. The van der Waals surface area contributed by atoms with E-state index in [4.69, 9.17) is 0 Å². The molecule has 0 bridgehead atoms. The van der Waals surface area contributed by atoms with Crippen LogP contribution in [0.4, 0.5) is 0 Å². The molecule has 1 unspecified atom stereocenters. The van der Waals surface area contributed by atoms with Gasteiger partial charge in [0.05, 0.1) is 0 Å². The molecule has 3 heteroatoms. The maximum atomic E-state index is 12.5. The molecule has 1 N–H and O–H groups in total. The number of likely N-dealkylation sites (tertiary alicyclic amines) is 1. The van der Waals surface area contributed by atoms with E-state index in [2.05, 4.69) is 47.5 Å². The molecule has 2 aliphatic heterocycles. The highest BCUT2D eigenvalue weighted by atomic mass is 16.2. The summed E-state index contributed by atoms with van der Waals surface area (Å²) in [6.45, 7) is 6.01. The molecule has 0 saturated carbocycles. The first-order valence-corrected chi connectivity index (χ1v) is 8.27. The molecule has 1 aromatic carbocycles. The molecule has 2 aliphatic rings. The number of carbonyl (C=O) groups is 1. The van der Waals surface area contributed by atoms with E-state index in [-0.39, 0.29) is 5.92 Å². The number of amides is 1. The molecule has 21 heavy (non-hydrogen) atoms. The highest BCUT2D eigenvalue weighted by molar-refractivity contribution is 5.79. The molecular weight excluding hydrogens is 260 g/mol. The Morgan fingerprint density at radius 1 is 1.24 bits per heavy atom. The summed E-state index contributed by atoms with van der Waals surface area (Å²) in [5.74, 6) is 1.85. The minimum absolute atomic E-state index is 0.192. The van der Waals surface area contributed by atoms with Crippen molar-refractivity contribution in [3.8, 4) is 0 Å². The van der Waals surface area contributed by atoms with Crippen molar-refractivity contribution in [3.05, 3.63) is 35.9 Å². The zero-order chi connectivity index (χ0) is 14.7. The van der Waals surface area contributed by atoms with Crippen molar-refractivity contribution in [1.82, 2.24) is 10.2 Å². The van der Waals surface area contributed by atoms with Gasteiger partial charge in [0.1, 0.15) is 0 Å². The van der Waals surface area contributed by atoms with Crippen molar-refractivity contribution in [2.45, 2.75) is 26.2 Å². The summed E-state index contributed by atoms with van der Waals surface area (Å²) in [6.07, 6.45) is 3.46. The van der Waals surface area contributed by atoms with Gasteiger partial charge in [-0.15, -0.1) is 0 Å². The van der Waals surface area contributed by atoms with Gasteiger partial charge in [-0.2, -0.15) is 0 Å². The van der Waals surface area contributed by atoms with Crippen molar-refractivity contribution in [2.24, 2.45) is 17.8 Å². The van der Waals surface area contributed by atoms with Crippen LogP contribution in [0.25, 0.3) is 0 Å². The van der Waals surface area contributed by atoms with Gasteiger partial charge in [0.2, 0.25) is 5.91 Å². The first-order chi connectivity index (χ1) is 10.2. The van der Waals surface area contributed by atoms with E-state index in [0.29, 0.717) is 11.8 Å². The van der Waals surface area contributed by atoms with Gasteiger partial charge in [-0.3, -0.25) is 4.79 Å². The average Bonchev–Trinajstić information content (AvgIpc) is 2.46. The SMILES string of the molecule is CC(C(=O)N1CCC(Cc2ccccc2)CC1)C1CNC1. The molecule has 0 spiro atoms. The third-order valence-corrected chi connectivity index (χ3v) is 5.20. The van der Waals surface area contributed by atoms with E-state index in [9.17, 15) is 4.79 Å². The van der Waals surface area contributed by atoms with Crippen LogP contribution in [-0.2, 0) is 11.2 Å². The highest BCUT2D eigenvalue weighted by Gasteiger charge is 2.33. The first-order valence-electron chi connectivity index (χ1n) is 8.27. The van der Waals surface area contributed by atoms with Crippen LogP contribution in [0, 0.1) is 17.8 Å². The predicted molar refractivity (Wildman–Crippen MR) is 85.0 cm³/mol. The molecule has 1 amide bonds. The van der Waals surface area contributed by atoms with Crippen molar-refractivity contribution in [3.63, 3.8) is 0 Å². The smallest absolute Gasteiger partial charge is 0.225 e. The highest BCUT2D eigenvalue weighted by Crippen LogP contribution is 2.25. The number of nitrogens with one attached hydrogen (secondary N) is 1. The minimum Gasteiger partial charge on any atom is -0.342 e. The molecule has 0 aromatic heterocycles. The topological polar surface area (TPSA) is 32.3 Å². The summed E-state index contributed by atoms with van der Waals surface area (Å²) in [5.41, 5.74) is 1.43. The molecule has 1 aromatic rings. The second kappa shape index (κ2) is 6.61. The van der Waals surface area contributed by atoms with Crippen LogP contribution in [-0.4, -0.2) is 37.0 Å². The lowest BCUT2D eigenvalue weighted by molar-refractivity contribution is -0.138. The van der Waals surface area contributed by atoms with E-state index in [1.54, 1.807) is 0 Å². The van der Waals surface area contributed by atoms with Crippen LogP contribution < -0.4 is 5.32 Å². The van der Waals surface area contributed by atoms with Crippen LogP contribution in [0.15, 0.2) is 30.3 Å². The largest absolute Gasteiger partial charge is 0.342 e. The number of hydrogen-bond donors (Lipinski definition) is 1. The van der Waals surface area contributed by atoms with Gasteiger partial charge in [-0.25, -0.2) is 0 Å². The molecule has 3 nitrogen and oxygen atoms in total. The normalized spacial score (nSPS) is 21.9. The number of hydrogen-bond acceptors (Lipinski definition) is 2. The number of benzene rings is 1. The second-order valence-electron chi connectivity index (χ2n) is 6.67. The van der Waals surface area contributed by atoms with Gasteiger partial charge in [0.25, 0.3) is 0 Å². The van der Waals surface area contributed by atoms with E-state index >= 15 is 0 Å². The number of piperidine rings is 1. The molecule has 0 aliphatic carbocycles. The van der Waals surface area contributed by atoms with Crippen molar-refractivity contribution < 1.29 is 4.79 Å². The van der Waals surface area contributed by atoms with Gasteiger partial charge < -0.3 is 10.2 Å². The Morgan fingerprint density at radius 3 is 2.48 bits per heavy atom. The molecule has 2 fully saturated rings. The lowest BCUT2D eigenvalue weighted by atomic mass is 9.86. The fraction of sp³-hybridized carbons (Fsp3) is 0.611. The van der Waals surface area contributed by atoms with Crippen molar-refractivity contribution >= 4 is 5.91 Å². The van der Waals surface area contributed by atoms with Gasteiger partial charge in [0, 0.05) is 19.0 Å². The van der Waals surface area contributed by atoms with Crippen molar-refractivity contribution in [2.75, 3.05) is 26.2 Å². The fourth-order valence-corrected chi connectivity index (χ4v) is 3.46. The Hall–Kier alpha value is -1.35. The summed E-state index contributed by atoms with van der Waals surface area (Å²) < 4.78 is 0. The lowest BCUT2D eigenvalue weighted by Gasteiger charge is -2.38. The summed E-state index contributed by atoms with van der Waals surface area (Å²) in [4.78, 5) is 14.6. The first kappa shape index (κ1) is 14.6. The molecule has 0 radical (unpaired) electrons. The van der Waals surface area contributed by atoms with Crippen LogP contribution in [0.1, 0.15) is 25.3 Å². The Kier molecular flexibility index (Phi) is 4.59. The van der Waals surface area contributed by atoms with E-state index in [1.165, 1.54) is 5.56 Å². The summed E-state index contributed by atoms with van der Waals surface area (Å²) in [6, 6.07) is 10.7. The number of rotatable bonds is 4. The van der Waals surface area contributed by atoms with E-state index in [0.717, 1.165) is 51.4 Å². The Bertz CT molecular complexity index is 461.